The van der Waals surface area contributed by atoms with Gasteiger partial charge in [-0.1, -0.05) is 51.1 Å². The van der Waals surface area contributed by atoms with Crippen molar-refractivity contribution in [1.29, 1.82) is 0 Å². The van der Waals surface area contributed by atoms with Crippen molar-refractivity contribution in [2.75, 3.05) is 7.11 Å². The van der Waals surface area contributed by atoms with Gasteiger partial charge in [-0.15, -0.1) is 0 Å². The number of benzene rings is 2. The van der Waals surface area contributed by atoms with Gasteiger partial charge < -0.3 is 14.8 Å². The van der Waals surface area contributed by atoms with Crippen LogP contribution >= 0.6 is 0 Å². The summed E-state index contributed by atoms with van der Waals surface area (Å²) in [5.74, 6) is 1.15. The van der Waals surface area contributed by atoms with Gasteiger partial charge in [-0.2, -0.15) is 0 Å². The Bertz CT molecular complexity index is 732. The van der Waals surface area contributed by atoms with E-state index >= 15 is 0 Å². The first-order valence-corrected chi connectivity index (χ1v) is 8.92. The molecule has 0 radical (unpaired) electrons. The Balaban J connectivity index is 1.97. The molecule has 2 atom stereocenters. The van der Waals surface area contributed by atoms with E-state index in [1.165, 1.54) is 5.56 Å². The highest BCUT2D eigenvalue weighted by molar-refractivity contribution is 5.81. The summed E-state index contributed by atoms with van der Waals surface area (Å²) in [4.78, 5) is 12.4. The van der Waals surface area contributed by atoms with Crippen LogP contribution in [0.1, 0.15) is 51.8 Å². The van der Waals surface area contributed by atoms with Crippen molar-refractivity contribution in [3.63, 3.8) is 0 Å². The van der Waals surface area contributed by atoms with Gasteiger partial charge in [0.05, 0.1) is 13.2 Å². The Labute approximate surface area is 156 Å². The Morgan fingerprint density at radius 3 is 2.19 bits per heavy atom. The maximum absolute atomic E-state index is 12.4. The lowest BCUT2D eigenvalue weighted by Gasteiger charge is -2.22. The van der Waals surface area contributed by atoms with E-state index in [1.807, 2.05) is 19.1 Å². The van der Waals surface area contributed by atoms with Crippen molar-refractivity contribution in [3.05, 3.63) is 59.7 Å². The van der Waals surface area contributed by atoms with Crippen molar-refractivity contribution in [2.45, 2.75) is 52.2 Å². The number of methoxy groups -OCH3 is 1. The first kappa shape index (κ1) is 19.8. The molecule has 0 aliphatic rings. The molecular weight excluding hydrogens is 326 g/mol. The van der Waals surface area contributed by atoms with Gasteiger partial charge in [0.25, 0.3) is 5.91 Å². The van der Waals surface area contributed by atoms with E-state index in [-0.39, 0.29) is 17.4 Å². The highest BCUT2D eigenvalue weighted by Gasteiger charge is 2.19. The molecule has 0 saturated carbocycles. The molecule has 0 saturated heterocycles. The first-order chi connectivity index (χ1) is 12.2. The molecule has 2 aromatic rings. The summed E-state index contributed by atoms with van der Waals surface area (Å²) in [5.41, 5.74) is 2.46. The zero-order chi connectivity index (χ0) is 19.3. The minimum absolute atomic E-state index is 0.0899. The van der Waals surface area contributed by atoms with Gasteiger partial charge >= 0.3 is 0 Å². The quantitative estimate of drug-likeness (QED) is 0.821. The molecule has 4 heteroatoms. The zero-order valence-electron chi connectivity index (χ0n) is 16.5. The summed E-state index contributed by atoms with van der Waals surface area (Å²) in [6, 6.07) is 15.5. The topological polar surface area (TPSA) is 47.6 Å². The number of rotatable bonds is 6. The molecule has 0 bridgehead atoms. The van der Waals surface area contributed by atoms with Crippen LogP contribution in [0.5, 0.6) is 11.5 Å². The predicted octanol–water partition coefficient (Wildman–Crippen LogP) is 4.64. The number of carbonyl (C=O) groups is 1. The van der Waals surface area contributed by atoms with E-state index in [1.54, 1.807) is 26.2 Å². The van der Waals surface area contributed by atoms with Gasteiger partial charge in [-0.05, 0) is 42.5 Å². The number of nitrogens with one attached hydrogen (secondary N) is 1. The highest BCUT2D eigenvalue weighted by Crippen LogP contribution is 2.24. The monoisotopic (exact) mass is 355 g/mol. The van der Waals surface area contributed by atoms with Gasteiger partial charge in [0.15, 0.2) is 6.10 Å². The largest absolute Gasteiger partial charge is 0.497 e. The fourth-order valence-electron chi connectivity index (χ4n) is 2.62. The third-order valence-corrected chi connectivity index (χ3v) is 4.36. The van der Waals surface area contributed by atoms with Gasteiger partial charge in [0.1, 0.15) is 11.5 Å². The van der Waals surface area contributed by atoms with Crippen LogP contribution in [-0.4, -0.2) is 19.1 Å². The number of hydrogen-bond acceptors (Lipinski definition) is 3. The van der Waals surface area contributed by atoms with Gasteiger partial charge in [0.2, 0.25) is 0 Å². The smallest absolute Gasteiger partial charge is 0.261 e. The molecule has 0 aliphatic carbocycles. The number of ether oxygens (including phenoxy) is 2. The molecule has 1 amide bonds. The molecule has 0 aromatic heterocycles. The van der Waals surface area contributed by atoms with Crippen LogP contribution in [-0.2, 0) is 10.2 Å². The molecule has 0 fully saturated rings. The van der Waals surface area contributed by atoms with E-state index in [0.717, 1.165) is 5.56 Å². The van der Waals surface area contributed by atoms with E-state index in [9.17, 15) is 4.79 Å². The number of hydrogen-bond donors (Lipinski definition) is 1. The molecule has 0 spiro atoms. The molecule has 2 aromatic carbocycles. The Morgan fingerprint density at radius 2 is 1.62 bits per heavy atom. The summed E-state index contributed by atoms with van der Waals surface area (Å²) >= 11 is 0. The summed E-state index contributed by atoms with van der Waals surface area (Å²) in [5, 5.41) is 3.01. The van der Waals surface area contributed by atoms with Crippen LogP contribution in [0.4, 0.5) is 0 Å². The second kappa shape index (κ2) is 8.26. The highest BCUT2D eigenvalue weighted by atomic mass is 16.5. The van der Waals surface area contributed by atoms with Crippen molar-refractivity contribution < 1.29 is 14.3 Å². The van der Waals surface area contributed by atoms with Crippen molar-refractivity contribution >= 4 is 5.91 Å². The lowest BCUT2D eigenvalue weighted by molar-refractivity contribution is -0.127. The molecule has 0 heterocycles. The molecule has 2 rings (SSSR count). The summed E-state index contributed by atoms with van der Waals surface area (Å²) < 4.78 is 10.9. The van der Waals surface area contributed by atoms with E-state index in [0.29, 0.717) is 11.5 Å². The fraction of sp³-hybridized carbons (Fsp3) is 0.409. The molecule has 26 heavy (non-hydrogen) atoms. The Kier molecular flexibility index (Phi) is 6.30. The Hall–Kier alpha value is -2.49. The van der Waals surface area contributed by atoms with Gasteiger partial charge in [0, 0.05) is 6.07 Å². The first-order valence-electron chi connectivity index (χ1n) is 8.92. The molecule has 140 valence electrons. The van der Waals surface area contributed by atoms with Crippen LogP contribution in [0.3, 0.4) is 0 Å². The van der Waals surface area contributed by atoms with E-state index < -0.39 is 6.10 Å². The lowest BCUT2D eigenvalue weighted by Crippen LogP contribution is -2.37. The SMILES string of the molecule is COc1cccc(OC(C)C(=O)NC(C)c2ccc(C(C)(C)C)cc2)c1. The van der Waals surface area contributed by atoms with Crippen LogP contribution in [0.2, 0.25) is 0 Å². The third-order valence-electron chi connectivity index (χ3n) is 4.36. The summed E-state index contributed by atoms with van der Waals surface area (Å²) in [6.07, 6.45) is -0.599. The van der Waals surface area contributed by atoms with Gasteiger partial charge in [-0.25, -0.2) is 0 Å². The van der Waals surface area contributed by atoms with Crippen LogP contribution < -0.4 is 14.8 Å². The van der Waals surface area contributed by atoms with Crippen molar-refractivity contribution in [2.24, 2.45) is 0 Å². The standard InChI is InChI=1S/C22H29NO3/c1-15(17-10-12-18(13-11-17)22(3,4)5)23-21(24)16(2)26-20-9-7-8-19(14-20)25-6/h7-16H,1-6H3,(H,23,24). The van der Waals surface area contributed by atoms with Crippen LogP contribution in [0.25, 0.3) is 0 Å². The van der Waals surface area contributed by atoms with Crippen molar-refractivity contribution in [3.8, 4) is 11.5 Å². The van der Waals surface area contributed by atoms with Crippen LogP contribution in [0, 0.1) is 0 Å². The predicted molar refractivity (Wildman–Crippen MR) is 105 cm³/mol. The molecule has 4 nitrogen and oxygen atoms in total. The average molecular weight is 355 g/mol. The summed E-state index contributed by atoms with van der Waals surface area (Å²) in [6.45, 7) is 10.3. The second-order valence-corrected chi connectivity index (χ2v) is 7.54. The normalized spacial score (nSPS) is 13.6. The second-order valence-electron chi connectivity index (χ2n) is 7.54. The van der Waals surface area contributed by atoms with Crippen LogP contribution in [0.15, 0.2) is 48.5 Å². The number of carbonyl (C=O) groups excluding carboxylic acids is 1. The zero-order valence-corrected chi connectivity index (χ0v) is 16.5. The third kappa shape index (κ3) is 5.25. The maximum Gasteiger partial charge on any atom is 0.261 e. The molecule has 0 aliphatic heterocycles. The van der Waals surface area contributed by atoms with Crippen molar-refractivity contribution in [1.82, 2.24) is 5.32 Å². The lowest BCUT2D eigenvalue weighted by atomic mass is 9.86. The minimum atomic E-state index is -0.599. The average Bonchev–Trinajstić information content (AvgIpc) is 2.61. The number of amides is 1. The molecule has 1 N–H and O–H groups in total. The Morgan fingerprint density at radius 1 is 1.00 bits per heavy atom. The van der Waals surface area contributed by atoms with E-state index in [2.05, 4.69) is 50.4 Å². The maximum atomic E-state index is 12.4. The summed E-state index contributed by atoms with van der Waals surface area (Å²) in [7, 11) is 1.60. The van der Waals surface area contributed by atoms with E-state index in [4.69, 9.17) is 9.47 Å². The fourth-order valence-corrected chi connectivity index (χ4v) is 2.62. The molecule has 2 unspecified atom stereocenters. The van der Waals surface area contributed by atoms with Gasteiger partial charge in [-0.3, -0.25) is 4.79 Å². The molecular formula is C22H29NO3. The minimum Gasteiger partial charge on any atom is -0.497 e.